The highest BCUT2D eigenvalue weighted by atomic mass is 32.2. The summed E-state index contributed by atoms with van der Waals surface area (Å²) >= 11 is 1.52. The highest BCUT2D eigenvalue weighted by Gasteiger charge is 2.13. The molecule has 0 fully saturated rings. The molecule has 0 saturated heterocycles. The summed E-state index contributed by atoms with van der Waals surface area (Å²) in [5, 5.41) is 13.7. The standard InChI is InChI=1S/C17H24N4O2S/c1-6-22-14-9-8-13(10-15(14)23-7-2)11-18-21-16(12(3)4)19-20-17(21)24-5/h8-12H,6-7H2,1-5H3/b18-11-. The highest BCUT2D eigenvalue weighted by Crippen LogP contribution is 2.28. The molecule has 1 heterocycles. The van der Waals surface area contributed by atoms with Crippen LogP contribution in [-0.4, -0.2) is 40.6 Å². The molecule has 2 rings (SSSR count). The predicted octanol–water partition coefficient (Wildman–Crippen LogP) is 3.80. The van der Waals surface area contributed by atoms with Crippen LogP contribution < -0.4 is 9.47 Å². The summed E-state index contributed by atoms with van der Waals surface area (Å²) in [6.45, 7) is 9.24. The molecule has 1 aromatic heterocycles. The van der Waals surface area contributed by atoms with E-state index in [4.69, 9.17) is 9.47 Å². The average Bonchev–Trinajstić information content (AvgIpc) is 2.98. The first-order chi connectivity index (χ1) is 11.6. The lowest BCUT2D eigenvalue weighted by Gasteiger charge is -2.11. The van der Waals surface area contributed by atoms with Crippen molar-refractivity contribution in [2.75, 3.05) is 19.5 Å². The second kappa shape index (κ2) is 8.73. The Labute approximate surface area is 147 Å². The van der Waals surface area contributed by atoms with E-state index in [2.05, 4.69) is 29.1 Å². The maximum atomic E-state index is 5.65. The number of thioether (sulfide) groups is 1. The molecule has 0 spiro atoms. The zero-order valence-corrected chi connectivity index (χ0v) is 15.6. The van der Waals surface area contributed by atoms with Crippen LogP contribution in [0.3, 0.4) is 0 Å². The highest BCUT2D eigenvalue weighted by molar-refractivity contribution is 7.98. The smallest absolute Gasteiger partial charge is 0.211 e. The summed E-state index contributed by atoms with van der Waals surface area (Å²) in [5.74, 6) is 2.55. The van der Waals surface area contributed by atoms with E-state index in [0.717, 1.165) is 28.0 Å². The molecule has 0 aliphatic rings. The first-order valence-electron chi connectivity index (χ1n) is 8.03. The minimum absolute atomic E-state index is 0.245. The normalized spacial score (nSPS) is 11.4. The molecule has 0 bridgehead atoms. The van der Waals surface area contributed by atoms with Gasteiger partial charge in [0.1, 0.15) is 0 Å². The van der Waals surface area contributed by atoms with Gasteiger partial charge < -0.3 is 9.47 Å². The van der Waals surface area contributed by atoms with Crippen molar-refractivity contribution in [1.29, 1.82) is 0 Å². The van der Waals surface area contributed by atoms with Gasteiger partial charge in [-0.15, -0.1) is 10.2 Å². The lowest BCUT2D eigenvalue weighted by atomic mass is 10.2. The summed E-state index contributed by atoms with van der Waals surface area (Å²) in [7, 11) is 0. The lowest BCUT2D eigenvalue weighted by molar-refractivity contribution is 0.288. The summed E-state index contributed by atoms with van der Waals surface area (Å²) in [4.78, 5) is 0. The van der Waals surface area contributed by atoms with E-state index < -0.39 is 0 Å². The van der Waals surface area contributed by atoms with Gasteiger partial charge in [-0.25, -0.2) is 0 Å². The van der Waals surface area contributed by atoms with E-state index in [-0.39, 0.29) is 5.92 Å². The molecule has 0 amide bonds. The van der Waals surface area contributed by atoms with Crippen molar-refractivity contribution in [3.63, 3.8) is 0 Å². The Hall–Kier alpha value is -2.02. The molecule has 2 aromatic rings. The first kappa shape index (κ1) is 18.3. The third kappa shape index (κ3) is 4.29. The van der Waals surface area contributed by atoms with Gasteiger partial charge in [0, 0.05) is 5.92 Å². The van der Waals surface area contributed by atoms with E-state index in [9.17, 15) is 0 Å². The second-order valence-electron chi connectivity index (χ2n) is 5.33. The average molecular weight is 348 g/mol. The molecule has 0 saturated carbocycles. The minimum atomic E-state index is 0.245. The number of hydrogen-bond acceptors (Lipinski definition) is 6. The Bertz CT molecular complexity index is 698. The maximum Gasteiger partial charge on any atom is 0.211 e. The number of nitrogens with zero attached hydrogens (tertiary/aromatic N) is 4. The van der Waals surface area contributed by atoms with Gasteiger partial charge in [-0.05, 0) is 43.9 Å². The van der Waals surface area contributed by atoms with Gasteiger partial charge in [0.05, 0.1) is 19.4 Å². The lowest BCUT2D eigenvalue weighted by Crippen LogP contribution is -2.02. The van der Waals surface area contributed by atoms with Crippen molar-refractivity contribution in [1.82, 2.24) is 14.9 Å². The Morgan fingerprint density at radius 1 is 1.17 bits per heavy atom. The van der Waals surface area contributed by atoms with Crippen LogP contribution in [0.2, 0.25) is 0 Å². The van der Waals surface area contributed by atoms with Crippen molar-refractivity contribution in [2.24, 2.45) is 5.10 Å². The Morgan fingerprint density at radius 3 is 2.50 bits per heavy atom. The van der Waals surface area contributed by atoms with E-state index in [1.807, 2.05) is 38.3 Å². The van der Waals surface area contributed by atoms with Crippen LogP contribution in [0.5, 0.6) is 11.5 Å². The van der Waals surface area contributed by atoms with Crippen LogP contribution in [0.15, 0.2) is 28.5 Å². The topological polar surface area (TPSA) is 61.5 Å². The maximum absolute atomic E-state index is 5.65. The molecule has 24 heavy (non-hydrogen) atoms. The molecule has 1 aromatic carbocycles. The number of aromatic nitrogens is 3. The fourth-order valence-electron chi connectivity index (χ4n) is 2.14. The van der Waals surface area contributed by atoms with Crippen LogP contribution in [0.1, 0.15) is 45.0 Å². The summed E-state index contributed by atoms with van der Waals surface area (Å²) in [6, 6.07) is 5.78. The molecular formula is C17H24N4O2S. The molecule has 0 atom stereocenters. The summed E-state index contributed by atoms with van der Waals surface area (Å²) in [6.07, 6.45) is 3.75. The van der Waals surface area contributed by atoms with Gasteiger partial charge in [-0.2, -0.15) is 9.78 Å². The van der Waals surface area contributed by atoms with E-state index >= 15 is 0 Å². The monoisotopic (exact) mass is 348 g/mol. The number of benzene rings is 1. The van der Waals surface area contributed by atoms with Crippen LogP contribution in [0.4, 0.5) is 0 Å². The quantitative estimate of drug-likeness (QED) is 0.536. The first-order valence-corrected chi connectivity index (χ1v) is 9.26. The van der Waals surface area contributed by atoms with Gasteiger partial charge >= 0.3 is 0 Å². The molecule has 7 heteroatoms. The van der Waals surface area contributed by atoms with Gasteiger partial charge in [-0.1, -0.05) is 25.6 Å². The van der Waals surface area contributed by atoms with Crippen molar-refractivity contribution < 1.29 is 9.47 Å². The van der Waals surface area contributed by atoms with Crippen LogP contribution >= 0.6 is 11.8 Å². The van der Waals surface area contributed by atoms with Gasteiger partial charge in [0.25, 0.3) is 0 Å². The zero-order valence-electron chi connectivity index (χ0n) is 14.8. The Morgan fingerprint density at radius 2 is 1.88 bits per heavy atom. The Kier molecular flexibility index (Phi) is 6.66. The number of hydrogen-bond donors (Lipinski definition) is 0. The summed E-state index contributed by atoms with van der Waals surface area (Å²) in [5.41, 5.74) is 0.928. The van der Waals surface area contributed by atoms with Crippen LogP contribution in [0.25, 0.3) is 0 Å². The van der Waals surface area contributed by atoms with E-state index in [1.165, 1.54) is 11.8 Å². The molecule has 0 radical (unpaired) electrons. The van der Waals surface area contributed by atoms with Crippen molar-refractivity contribution in [3.8, 4) is 11.5 Å². The fourth-order valence-corrected chi connectivity index (χ4v) is 2.58. The predicted molar refractivity (Wildman–Crippen MR) is 97.7 cm³/mol. The molecule has 130 valence electrons. The molecule has 0 N–H and O–H groups in total. The number of rotatable bonds is 8. The molecule has 0 aliphatic carbocycles. The molecule has 0 aliphatic heterocycles. The third-order valence-corrected chi connectivity index (χ3v) is 3.84. The Balaban J connectivity index is 2.32. The largest absolute Gasteiger partial charge is 0.490 e. The zero-order chi connectivity index (χ0) is 17.5. The molecule has 6 nitrogen and oxygen atoms in total. The van der Waals surface area contributed by atoms with E-state index in [0.29, 0.717) is 13.2 Å². The fraction of sp³-hybridized carbons (Fsp3) is 0.471. The molecular weight excluding hydrogens is 324 g/mol. The second-order valence-corrected chi connectivity index (χ2v) is 6.10. The minimum Gasteiger partial charge on any atom is -0.490 e. The SMILES string of the molecule is CCOc1ccc(/C=N\n2c(SC)nnc2C(C)C)cc1OCC. The van der Waals surface area contributed by atoms with Gasteiger partial charge in [0.15, 0.2) is 17.3 Å². The summed E-state index contributed by atoms with van der Waals surface area (Å²) < 4.78 is 13.0. The van der Waals surface area contributed by atoms with Gasteiger partial charge in [0.2, 0.25) is 5.16 Å². The van der Waals surface area contributed by atoms with Crippen LogP contribution in [0, 0.1) is 0 Å². The van der Waals surface area contributed by atoms with Gasteiger partial charge in [-0.3, -0.25) is 0 Å². The molecule has 0 unspecified atom stereocenters. The number of ether oxygens (including phenoxy) is 2. The van der Waals surface area contributed by atoms with E-state index in [1.54, 1.807) is 10.9 Å². The van der Waals surface area contributed by atoms with Crippen molar-refractivity contribution in [3.05, 3.63) is 29.6 Å². The third-order valence-electron chi connectivity index (χ3n) is 3.22. The van der Waals surface area contributed by atoms with Crippen molar-refractivity contribution in [2.45, 2.75) is 38.8 Å². The van der Waals surface area contributed by atoms with Crippen LogP contribution in [-0.2, 0) is 0 Å². The van der Waals surface area contributed by atoms with Crippen molar-refractivity contribution >= 4 is 18.0 Å².